The van der Waals surface area contributed by atoms with Gasteiger partial charge in [-0.2, -0.15) is 0 Å². The van der Waals surface area contributed by atoms with Crippen molar-refractivity contribution in [3.63, 3.8) is 0 Å². The third kappa shape index (κ3) is 7.15. The van der Waals surface area contributed by atoms with Gasteiger partial charge < -0.3 is 14.6 Å². The number of ether oxygens (including phenoxy) is 2. The van der Waals surface area contributed by atoms with Gasteiger partial charge in [0.2, 0.25) is 5.90 Å². The van der Waals surface area contributed by atoms with Crippen LogP contribution < -0.4 is 15.6 Å². The Morgan fingerprint density at radius 3 is 2.21 bits per heavy atom. The van der Waals surface area contributed by atoms with Crippen molar-refractivity contribution in [2.45, 2.75) is 24.5 Å². The Balaban J connectivity index is 1.44. The van der Waals surface area contributed by atoms with Crippen LogP contribution in [0.15, 0.2) is 144 Å². The van der Waals surface area contributed by atoms with E-state index in [1.165, 1.54) is 0 Å². The number of aliphatic hydroxyl groups is 1. The Morgan fingerprint density at radius 1 is 0.854 bits per heavy atom. The second-order valence-electron chi connectivity index (χ2n) is 11.2. The van der Waals surface area contributed by atoms with Crippen LogP contribution in [0.2, 0.25) is 0 Å². The largest absolute Gasteiger partial charge is 0.494 e. The minimum absolute atomic E-state index is 0.0442. The Labute approximate surface area is 278 Å². The molecule has 10 nitrogen and oxygen atoms in total. The minimum Gasteiger partial charge on any atom is -0.494 e. The first kappa shape index (κ1) is 31.9. The number of aliphatic imine (C=N–C) groups is 1. The van der Waals surface area contributed by atoms with Gasteiger partial charge in [-0.3, -0.25) is 15.6 Å². The molecular formula is C38H34N6O4. The molecule has 0 fully saturated rings. The average Bonchev–Trinajstić information content (AvgIpc) is 3.53. The molecule has 5 aromatic carbocycles. The number of anilines is 1. The minimum atomic E-state index is -1.53. The van der Waals surface area contributed by atoms with Crippen LogP contribution in [-0.2, 0) is 16.0 Å². The van der Waals surface area contributed by atoms with E-state index in [-0.39, 0.29) is 18.9 Å². The Hall–Kier alpha value is -6.09. The highest BCUT2D eigenvalue weighted by molar-refractivity contribution is 6.01. The number of rotatable bonds is 13. The molecule has 0 aromatic heterocycles. The highest BCUT2D eigenvalue weighted by atomic mass is 16.5. The highest BCUT2D eigenvalue weighted by Crippen LogP contribution is 2.44. The number of hydrazine groups is 1. The molecule has 3 N–H and O–H groups in total. The molecule has 5 aromatic rings. The van der Waals surface area contributed by atoms with Crippen LogP contribution in [0.25, 0.3) is 21.6 Å². The summed E-state index contributed by atoms with van der Waals surface area (Å²) in [5, 5.41) is 13.0. The molecule has 0 spiro atoms. The van der Waals surface area contributed by atoms with Crippen LogP contribution >= 0.6 is 0 Å². The summed E-state index contributed by atoms with van der Waals surface area (Å²) in [5.41, 5.74) is 18.9. The van der Waals surface area contributed by atoms with Crippen LogP contribution in [0.3, 0.4) is 0 Å². The van der Waals surface area contributed by atoms with Gasteiger partial charge in [0.1, 0.15) is 5.75 Å². The van der Waals surface area contributed by atoms with E-state index in [0.717, 1.165) is 16.7 Å². The number of amides is 1. The summed E-state index contributed by atoms with van der Waals surface area (Å²) in [6, 6.07) is 41.7. The third-order valence-corrected chi connectivity index (χ3v) is 8.05. The first-order valence-corrected chi connectivity index (χ1v) is 15.6. The van der Waals surface area contributed by atoms with E-state index in [2.05, 4.69) is 20.9 Å². The van der Waals surface area contributed by atoms with Crippen molar-refractivity contribution in [1.82, 2.24) is 5.43 Å². The van der Waals surface area contributed by atoms with Crippen LogP contribution in [0.4, 0.5) is 11.4 Å². The molecule has 0 saturated carbocycles. The average molecular weight is 639 g/mol. The molecule has 6 rings (SSSR count). The second-order valence-corrected chi connectivity index (χ2v) is 11.2. The number of azide groups is 1. The lowest BCUT2D eigenvalue weighted by atomic mass is 9.81. The topological polar surface area (TPSA) is 141 Å². The summed E-state index contributed by atoms with van der Waals surface area (Å²) in [6.07, 6.45) is -0.259. The summed E-state index contributed by atoms with van der Waals surface area (Å²) >= 11 is 0. The molecule has 1 aliphatic heterocycles. The Kier molecular flexibility index (Phi) is 9.96. The molecule has 240 valence electrons. The maximum absolute atomic E-state index is 14.6. The van der Waals surface area contributed by atoms with Gasteiger partial charge in [-0.25, -0.2) is 4.99 Å². The molecule has 0 saturated heterocycles. The quantitative estimate of drug-likeness (QED) is 0.0398. The maximum atomic E-state index is 14.6. The zero-order valence-corrected chi connectivity index (χ0v) is 26.1. The van der Waals surface area contributed by atoms with E-state index in [9.17, 15) is 10.3 Å². The summed E-state index contributed by atoms with van der Waals surface area (Å²) in [5.74, 6) is 0.488. The Morgan fingerprint density at radius 2 is 1.50 bits per heavy atom. The van der Waals surface area contributed by atoms with Crippen LogP contribution in [-0.4, -0.2) is 35.7 Å². The van der Waals surface area contributed by atoms with Crippen molar-refractivity contribution >= 4 is 23.2 Å². The molecule has 0 aliphatic carbocycles. The first-order chi connectivity index (χ1) is 23.6. The molecule has 10 heteroatoms. The molecule has 2 atom stereocenters. The maximum Gasteiger partial charge on any atom is 0.270 e. The lowest BCUT2D eigenvalue weighted by Gasteiger charge is -2.31. The third-order valence-electron chi connectivity index (χ3n) is 8.05. The molecule has 1 aliphatic rings. The normalized spacial score (nSPS) is 16.6. The number of para-hydroxylation sites is 1. The van der Waals surface area contributed by atoms with Gasteiger partial charge in [-0.15, -0.1) is 0 Å². The fraction of sp³-hybridized carbons (Fsp3) is 0.158. The molecule has 0 unspecified atom stereocenters. The van der Waals surface area contributed by atoms with Gasteiger partial charge in [0.05, 0.1) is 12.3 Å². The summed E-state index contributed by atoms with van der Waals surface area (Å²) in [6.45, 7) is 0.430. The van der Waals surface area contributed by atoms with Crippen molar-refractivity contribution in [3.8, 4) is 16.9 Å². The standard InChI is InChI=1S/C38H34N6O4/c39-44-42-34-15-8-7-12-31(34)26-38(37(46)43-41-32-13-5-2-6-14-32)35(29-18-16-28(17-19-29)27-10-3-1-4-11-27)48-36(40-38)30-20-22-33(23-21-30)47-25-9-24-45/h1-8,10-23,35,41,45H,9,24-26H2,(H,43,46)/t35-,38-/m0/s1. The van der Waals surface area contributed by atoms with E-state index in [1.54, 1.807) is 24.3 Å². The molecular weight excluding hydrogens is 604 g/mol. The molecule has 48 heavy (non-hydrogen) atoms. The van der Waals surface area contributed by atoms with Crippen LogP contribution in [0.1, 0.15) is 29.2 Å². The summed E-state index contributed by atoms with van der Waals surface area (Å²) in [4.78, 5) is 22.7. The van der Waals surface area contributed by atoms with Crippen molar-refractivity contribution in [1.29, 1.82) is 0 Å². The fourth-order valence-corrected chi connectivity index (χ4v) is 5.62. The van der Waals surface area contributed by atoms with E-state index >= 15 is 0 Å². The SMILES string of the molecule is [N-]=[N+]=Nc1ccccc1C[C@]1(C(=O)NNc2ccccc2)N=C(c2ccc(OCCCO)cc2)O[C@H]1c1ccc(-c2ccccc2)cc1. The van der Waals surface area contributed by atoms with Gasteiger partial charge in [0.15, 0.2) is 11.6 Å². The highest BCUT2D eigenvalue weighted by Gasteiger charge is 2.53. The molecule has 0 bridgehead atoms. The van der Waals surface area contributed by atoms with Gasteiger partial charge in [0, 0.05) is 35.6 Å². The summed E-state index contributed by atoms with van der Waals surface area (Å²) < 4.78 is 12.4. The van der Waals surface area contributed by atoms with Gasteiger partial charge in [-0.05, 0) is 64.2 Å². The van der Waals surface area contributed by atoms with E-state index in [0.29, 0.717) is 41.3 Å². The number of carbonyl (C=O) groups excluding carboxylic acids is 1. The second kappa shape index (κ2) is 15.0. The first-order valence-electron chi connectivity index (χ1n) is 15.6. The van der Waals surface area contributed by atoms with Crippen molar-refractivity contribution in [3.05, 3.63) is 161 Å². The van der Waals surface area contributed by atoms with E-state index in [4.69, 9.17) is 19.6 Å². The van der Waals surface area contributed by atoms with Crippen LogP contribution in [0, 0.1) is 0 Å². The number of nitrogens with zero attached hydrogens (tertiary/aromatic N) is 4. The fourth-order valence-electron chi connectivity index (χ4n) is 5.62. The molecule has 1 heterocycles. The smallest absolute Gasteiger partial charge is 0.270 e. The number of benzene rings is 5. The lowest BCUT2D eigenvalue weighted by molar-refractivity contribution is -0.128. The monoisotopic (exact) mass is 638 g/mol. The lowest BCUT2D eigenvalue weighted by Crippen LogP contribution is -2.51. The zero-order valence-electron chi connectivity index (χ0n) is 26.1. The predicted molar refractivity (Wildman–Crippen MR) is 186 cm³/mol. The predicted octanol–water partition coefficient (Wildman–Crippen LogP) is 7.70. The number of hydrogen-bond donors (Lipinski definition) is 3. The molecule has 0 radical (unpaired) electrons. The zero-order chi connectivity index (χ0) is 33.2. The number of aliphatic hydroxyl groups excluding tert-OH is 1. The van der Waals surface area contributed by atoms with E-state index < -0.39 is 17.6 Å². The van der Waals surface area contributed by atoms with Crippen molar-refractivity contribution in [2.24, 2.45) is 10.1 Å². The van der Waals surface area contributed by atoms with Crippen molar-refractivity contribution < 1.29 is 19.4 Å². The molecule has 1 amide bonds. The Bertz CT molecular complexity index is 1910. The number of hydrogen-bond acceptors (Lipinski definition) is 7. The van der Waals surface area contributed by atoms with Gasteiger partial charge >= 0.3 is 0 Å². The van der Waals surface area contributed by atoms with Gasteiger partial charge in [0.25, 0.3) is 5.91 Å². The summed E-state index contributed by atoms with van der Waals surface area (Å²) in [7, 11) is 0. The number of carbonyl (C=O) groups is 1. The number of nitrogens with one attached hydrogen (secondary N) is 2. The van der Waals surface area contributed by atoms with Gasteiger partial charge in [-0.1, -0.05) is 102 Å². The van der Waals surface area contributed by atoms with Crippen LogP contribution in [0.5, 0.6) is 5.75 Å². The van der Waals surface area contributed by atoms with E-state index in [1.807, 2.05) is 109 Å². The van der Waals surface area contributed by atoms with Crippen molar-refractivity contribution in [2.75, 3.05) is 18.6 Å².